The Morgan fingerprint density at radius 2 is 1.50 bits per heavy atom. The molecular formula is C16H22N4O10. The fourth-order valence-electron chi connectivity index (χ4n) is 2.65. The summed E-state index contributed by atoms with van der Waals surface area (Å²) in [5.41, 5.74) is 8.36. The first-order valence-corrected chi connectivity index (χ1v) is 8.65. The standard InChI is InChI=1S/C16H22N4O10/c1-7(21)26-6-11-14(27-8(2)22)15(28-9(3)23)13(16(30-11)29-10(4)24)19-12(25)5-18-20-17/h11,13-16H,5-6H2,1-4H3,(H,19,25)/t11-,13-,14-,15+,16+/m0/s1. The summed E-state index contributed by atoms with van der Waals surface area (Å²) in [6.45, 7) is 3.32. The van der Waals surface area contributed by atoms with Crippen molar-refractivity contribution in [3.63, 3.8) is 0 Å². The Morgan fingerprint density at radius 1 is 0.933 bits per heavy atom. The molecule has 1 fully saturated rings. The van der Waals surface area contributed by atoms with Gasteiger partial charge in [0, 0.05) is 32.6 Å². The number of carbonyl (C=O) groups excluding carboxylic acids is 5. The molecule has 0 aromatic carbocycles. The van der Waals surface area contributed by atoms with Gasteiger partial charge in [-0.25, -0.2) is 0 Å². The highest BCUT2D eigenvalue weighted by Crippen LogP contribution is 2.28. The summed E-state index contributed by atoms with van der Waals surface area (Å²) >= 11 is 0. The highest BCUT2D eigenvalue weighted by molar-refractivity contribution is 5.79. The molecule has 14 nitrogen and oxygen atoms in total. The molecule has 1 heterocycles. The maximum atomic E-state index is 12.1. The molecule has 1 amide bonds. The number of ether oxygens (including phenoxy) is 5. The number of amides is 1. The van der Waals surface area contributed by atoms with E-state index in [1.165, 1.54) is 0 Å². The number of esters is 4. The number of carbonyl (C=O) groups is 5. The summed E-state index contributed by atoms with van der Waals surface area (Å²) < 4.78 is 25.9. The summed E-state index contributed by atoms with van der Waals surface area (Å²) in [6.07, 6.45) is -5.42. The second kappa shape index (κ2) is 11.6. The molecule has 0 aliphatic carbocycles. The van der Waals surface area contributed by atoms with Crippen LogP contribution in [0.15, 0.2) is 5.11 Å². The van der Waals surface area contributed by atoms with Crippen LogP contribution in [0.2, 0.25) is 0 Å². The summed E-state index contributed by atoms with van der Waals surface area (Å²) in [7, 11) is 0. The van der Waals surface area contributed by atoms with Crippen molar-refractivity contribution >= 4 is 29.8 Å². The van der Waals surface area contributed by atoms with E-state index < -0.39 is 73.6 Å². The van der Waals surface area contributed by atoms with E-state index in [1.54, 1.807) is 0 Å². The predicted molar refractivity (Wildman–Crippen MR) is 94.1 cm³/mol. The van der Waals surface area contributed by atoms with Crippen LogP contribution in [0.3, 0.4) is 0 Å². The minimum absolute atomic E-state index is 0.428. The Kier molecular flexibility index (Phi) is 9.52. The van der Waals surface area contributed by atoms with E-state index in [0.29, 0.717) is 0 Å². The normalized spacial score (nSPS) is 25.1. The molecule has 0 aromatic heterocycles. The number of rotatable bonds is 8. The summed E-state index contributed by atoms with van der Waals surface area (Å²) in [5.74, 6) is -3.86. The van der Waals surface area contributed by atoms with E-state index in [-0.39, 0.29) is 0 Å². The molecule has 1 rings (SSSR count). The predicted octanol–water partition coefficient (Wildman–Crippen LogP) is -0.504. The average Bonchev–Trinajstić information content (AvgIpc) is 2.62. The highest BCUT2D eigenvalue weighted by atomic mass is 16.7. The van der Waals surface area contributed by atoms with E-state index in [9.17, 15) is 24.0 Å². The zero-order valence-corrected chi connectivity index (χ0v) is 16.7. The maximum absolute atomic E-state index is 12.1. The lowest BCUT2D eigenvalue weighted by Gasteiger charge is -2.44. The molecule has 0 aromatic rings. The summed E-state index contributed by atoms with van der Waals surface area (Å²) in [6, 6.07) is -1.34. The number of azide groups is 1. The third kappa shape index (κ3) is 7.93. The first-order valence-electron chi connectivity index (χ1n) is 8.65. The summed E-state index contributed by atoms with van der Waals surface area (Å²) in [4.78, 5) is 60.5. The van der Waals surface area contributed by atoms with Gasteiger partial charge in [0.25, 0.3) is 0 Å². The molecule has 30 heavy (non-hydrogen) atoms. The van der Waals surface area contributed by atoms with Gasteiger partial charge in [-0.1, -0.05) is 5.11 Å². The van der Waals surface area contributed by atoms with Crippen molar-refractivity contribution in [3.05, 3.63) is 10.4 Å². The second-order valence-electron chi connectivity index (χ2n) is 6.09. The van der Waals surface area contributed by atoms with Gasteiger partial charge >= 0.3 is 23.9 Å². The molecule has 0 unspecified atom stereocenters. The minimum atomic E-state index is -1.51. The largest absolute Gasteiger partial charge is 0.463 e. The van der Waals surface area contributed by atoms with Gasteiger partial charge < -0.3 is 29.0 Å². The molecule has 0 bridgehead atoms. The van der Waals surface area contributed by atoms with Crippen LogP contribution in [0.4, 0.5) is 0 Å². The van der Waals surface area contributed by atoms with Gasteiger partial charge in [0.15, 0.2) is 12.2 Å². The third-order valence-electron chi connectivity index (χ3n) is 3.59. The van der Waals surface area contributed by atoms with E-state index in [0.717, 1.165) is 27.7 Å². The fourth-order valence-corrected chi connectivity index (χ4v) is 2.65. The molecule has 0 spiro atoms. The van der Waals surface area contributed by atoms with Crippen molar-refractivity contribution in [1.29, 1.82) is 0 Å². The third-order valence-corrected chi connectivity index (χ3v) is 3.59. The van der Waals surface area contributed by atoms with Crippen LogP contribution in [0, 0.1) is 0 Å². The molecule has 1 aliphatic heterocycles. The van der Waals surface area contributed by atoms with Gasteiger partial charge in [-0.2, -0.15) is 0 Å². The van der Waals surface area contributed by atoms with Crippen LogP contribution in [-0.4, -0.2) is 73.6 Å². The van der Waals surface area contributed by atoms with Crippen LogP contribution in [0.1, 0.15) is 27.7 Å². The lowest BCUT2D eigenvalue weighted by molar-refractivity contribution is -0.271. The van der Waals surface area contributed by atoms with E-state index in [2.05, 4.69) is 15.3 Å². The van der Waals surface area contributed by atoms with Gasteiger partial charge in [0.2, 0.25) is 12.2 Å². The molecular weight excluding hydrogens is 408 g/mol. The summed E-state index contributed by atoms with van der Waals surface area (Å²) in [5, 5.41) is 5.48. The van der Waals surface area contributed by atoms with E-state index in [1.807, 2.05) is 0 Å². The van der Waals surface area contributed by atoms with Crippen molar-refractivity contribution in [1.82, 2.24) is 5.32 Å². The van der Waals surface area contributed by atoms with Crippen LogP contribution >= 0.6 is 0 Å². The quantitative estimate of drug-likeness (QED) is 0.172. The van der Waals surface area contributed by atoms with Crippen molar-refractivity contribution in [2.24, 2.45) is 5.11 Å². The van der Waals surface area contributed by atoms with Crippen LogP contribution in [-0.2, 0) is 47.7 Å². The first kappa shape index (κ1) is 24.7. The number of hydrogen-bond acceptors (Lipinski definition) is 11. The minimum Gasteiger partial charge on any atom is -0.463 e. The number of nitrogens with one attached hydrogen (secondary N) is 1. The Bertz CT molecular complexity index is 736. The highest BCUT2D eigenvalue weighted by Gasteiger charge is 2.52. The van der Waals surface area contributed by atoms with Crippen molar-refractivity contribution < 1.29 is 47.7 Å². The number of nitrogens with zero attached hydrogens (tertiary/aromatic N) is 3. The molecule has 1 N–H and O–H groups in total. The second-order valence-corrected chi connectivity index (χ2v) is 6.09. The topological polar surface area (TPSA) is 192 Å². The van der Waals surface area contributed by atoms with Gasteiger partial charge in [0.1, 0.15) is 25.3 Å². The smallest absolute Gasteiger partial charge is 0.305 e. The molecule has 14 heteroatoms. The molecule has 1 saturated heterocycles. The van der Waals surface area contributed by atoms with Gasteiger partial charge in [-0.15, -0.1) is 0 Å². The number of hydrogen-bond donors (Lipinski definition) is 1. The molecule has 5 atom stereocenters. The molecule has 0 radical (unpaired) electrons. The first-order chi connectivity index (χ1) is 14.0. The van der Waals surface area contributed by atoms with Crippen LogP contribution in [0.5, 0.6) is 0 Å². The molecule has 0 saturated carbocycles. The van der Waals surface area contributed by atoms with Crippen molar-refractivity contribution in [2.75, 3.05) is 13.2 Å². The van der Waals surface area contributed by atoms with E-state index in [4.69, 9.17) is 29.2 Å². The zero-order valence-electron chi connectivity index (χ0n) is 16.7. The van der Waals surface area contributed by atoms with Crippen LogP contribution < -0.4 is 5.32 Å². The van der Waals surface area contributed by atoms with Crippen molar-refractivity contribution in [3.8, 4) is 0 Å². The monoisotopic (exact) mass is 430 g/mol. The Labute approximate surface area is 170 Å². The van der Waals surface area contributed by atoms with Crippen molar-refractivity contribution in [2.45, 2.75) is 58.3 Å². The van der Waals surface area contributed by atoms with Gasteiger partial charge in [-0.05, 0) is 5.53 Å². The van der Waals surface area contributed by atoms with E-state index >= 15 is 0 Å². The Morgan fingerprint density at radius 3 is 2.00 bits per heavy atom. The van der Waals surface area contributed by atoms with Crippen LogP contribution in [0.25, 0.3) is 10.4 Å². The molecule has 166 valence electrons. The average molecular weight is 430 g/mol. The SMILES string of the molecule is CC(=O)OC[C@@H]1O[C@@H](OC(C)=O)[C@@H](NC(=O)CN=[N+]=[N-])[C@@H](OC(C)=O)[C@H]1OC(C)=O. The fraction of sp³-hybridized carbons (Fsp3) is 0.688. The maximum Gasteiger partial charge on any atom is 0.305 e. The zero-order chi connectivity index (χ0) is 22.8. The molecule has 1 aliphatic rings. The van der Waals surface area contributed by atoms with Gasteiger partial charge in [-0.3, -0.25) is 24.0 Å². The lowest BCUT2D eigenvalue weighted by Crippen LogP contribution is -2.67. The lowest BCUT2D eigenvalue weighted by atomic mass is 9.96. The Balaban J connectivity index is 3.33. The Hall–Kier alpha value is -3.38. The van der Waals surface area contributed by atoms with Gasteiger partial charge in [0.05, 0.1) is 0 Å².